The van der Waals surface area contributed by atoms with Crippen LogP contribution in [0.15, 0.2) is 41.0 Å². The van der Waals surface area contributed by atoms with Crippen LogP contribution in [0.3, 0.4) is 0 Å². The van der Waals surface area contributed by atoms with Crippen LogP contribution in [0.5, 0.6) is 0 Å². The van der Waals surface area contributed by atoms with Crippen LogP contribution in [-0.4, -0.2) is 4.98 Å². The maximum absolute atomic E-state index is 6.34. The van der Waals surface area contributed by atoms with Crippen LogP contribution < -0.4 is 0 Å². The molecule has 0 bridgehead atoms. The second-order valence-electron chi connectivity index (χ2n) is 3.90. The lowest BCUT2D eigenvalue weighted by Crippen LogP contribution is -1.94. The highest BCUT2D eigenvalue weighted by Gasteiger charge is 2.17. The molecule has 2 aromatic heterocycles. The lowest BCUT2D eigenvalue weighted by atomic mass is 10.2. The Morgan fingerprint density at radius 3 is 2.83 bits per heavy atom. The van der Waals surface area contributed by atoms with Crippen LogP contribution in [0.2, 0.25) is 5.22 Å². The van der Waals surface area contributed by atoms with Crippen molar-refractivity contribution in [1.82, 2.24) is 4.98 Å². The molecule has 0 radical (unpaired) electrons. The molecular weight excluding hydrogens is 289 g/mol. The van der Waals surface area contributed by atoms with Gasteiger partial charge in [-0.2, -0.15) is 0 Å². The smallest absolute Gasteiger partial charge is 0.197 e. The summed E-state index contributed by atoms with van der Waals surface area (Å²) in [7, 11) is 0. The second kappa shape index (κ2) is 4.92. The summed E-state index contributed by atoms with van der Waals surface area (Å²) < 4.78 is 6.22. The Balaban J connectivity index is 1.86. The molecule has 1 aromatic carbocycles. The molecule has 5 heteroatoms. The van der Waals surface area contributed by atoms with Gasteiger partial charge < -0.3 is 4.42 Å². The van der Waals surface area contributed by atoms with Gasteiger partial charge in [0.2, 0.25) is 0 Å². The Morgan fingerprint density at radius 2 is 2.11 bits per heavy atom. The van der Waals surface area contributed by atoms with Gasteiger partial charge in [-0.15, -0.1) is 22.9 Å². The number of para-hydroxylation sites is 1. The topological polar surface area (TPSA) is 26.0 Å². The van der Waals surface area contributed by atoms with Crippen molar-refractivity contribution in [3.8, 4) is 0 Å². The first-order valence-electron chi connectivity index (χ1n) is 5.45. The van der Waals surface area contributed by atoms with Crippen LogP contribution in [0.1, 0.15) is 15.9 Å². The molecule has 18 heavy (non-hydrogen) atoms. The van der Waals surface area contributed by atoms with Gasteiger partial charge in [-0.1, -0.05) is 12.1 Å². The Hall–Kier alpha value is -1.03. The molecule has 0 spiro atoms. The zero-order chi connectivity index (χ0) is 12.5. The normalized spacial score (nSPS) is 13.0. The monoisotopic (exact) mass is 297 g/mol. The van der Waals surface area contributed by atoms with E-state index in [1.54, 1.807) is 23.7 Å². The van der Waals surface area contributed by atoms with E-state index in [4.69, 9.17) is 27.6 Å². The fraction of sp³-hybridized carbons (Fsp3) is 0.154. The summed E-state index contributed by atoms with van der Waals surface area (Å²) >= 11 is 13.9. The van der Waals surface area contributed by atoms with Crippen molar-refractivity contribution < 1.29 is 4.42 Å². The summed E-state index contributed by atoms with van der Waals surface area (Å²) in [4.78, 5) is 4.55. The van der Waals surface area contributed by atoms with Gasteiger partial charge in [0.25, 0.3) is 0 Å². The average molecular weight is 298 g/mol. The largest absolute Gasteiger partial charge is 0.453 e. The van der Waals surface area contributed by atoms with E-state index in [1.165, 1.54) is 4.70 Å². The maximum atomic E-state index is 6.34. The highest BCUT2D eigenvalue weighted by atomic mass is 35.5. The standard InChI is InChI=1S/C13H9Cl2NOS/c14-9(8-5-6-17-13(8)15)7-12-16-10-3-1-2-4-11(10)18-12/h1-6,9H,7H2. The van der Waals surface area contributed by atoms with E-state index in [-0.39, 0.29) is 5.38 Å². The number of halogens is 2. The minimum absolute atomic E-state index is 0.211. The quantitative estimate of drug-likeness (QED) is 0.631. The fourth-order valence-electron chi connectivity index (χ4n) is 1.80. The molecule has 1 atom stereocenters. The molecule has 0 aliphatic heterocycles. The SMILES string of the molecule is Clc1occc1C(Cl)Cc1nc2ccccc2s1. The number of fused-ring (bicyclic) bond motifs is 1. The van der Waals surface area contributed by atoms with Crippen molar-refractivity contribution in [3.63, 3.8) is 0 Å². The molecule has 0 saturated heterocycles. The molecule has 0 fully saturated rings. The Kier molecular flexibility index (Phi) is 3.29. The molecule has 3 rings (SSSR count). The van der Waals surface area contributed by atoms with E-state index in [0.29, 0.717) is 11.6 Å². The van der Waals surface area contributed by atoms with Gasteiger partial charge in [-0.25, -0.2) is 4.98 Å². The highest BCUT2D eigenvalue weighted by Crippen LogP contribution is 2.33. The lowest BCUT2D eigenvalue weighted by Gasteiger charge is -2.04. The van der Waals surface area contributed by atoms with Gasteiger partial charge in [0.05, 0.1) is 26.9 Å². The number of nitrogens with zero attached hydrogens (tertiary/aromatic N) is 1. The third-order valence-electron chi connectivity index (χ3n) is 2.68. The Labute approximate surface area is 118 Å². The van der Waals surface area contributed by atoms with Crippen molar-refractivity contribution >= 4 is 44.8 Å². The zero-order valence-corrected chi connectivity index (χ0v) is 11.6. The third-order valence-corrected chi connectivity index (χ3v) is 4.43. The Morgan fingerprint density at radius 1 is 1.28 bits per heavy atom. The van der Waals surface area contributed by atoms with Crippen molar-refractivity contribution in [3.05, 3.63) is 52.4 Å². The van der Waals surface area contributed by atoms with E-state index >= 15 is 0 Å². The minimum Gasteiger partial charge on any atom is -0.453 e. The van der Waals surface area contributed by atoms with E-state index in [2.05, 4.69) is 11.1 Å². The van der Waals surface area contributed by atoms with Gasteiger partial charge in [-0.05, 0) is 29.8 Å². The molecule has 0 amide bonds. The summed E-state index contributed by atoms with van der Waals surface area (Å²) in [6.07, 6.45) is 2.20. The summed E-state index contributed by atoms with van der Waals surface area (Å²) in [5.74, 6) is 0. The van der Waals surface area contributed by atoms with Crippen LogP contribution in [-0.2, 0) is 6.42 Å². The van der Waals surface area contributed by atoms with Gasteiger partial charge in [0.1, 0.15) is 0 Å². The number of rotatable bonds is 3. The molecule has 0 N–H and O–H groups in total. The highest BCUT2D eigenvalue weighted by molar-refractivity contribution is 7.18. The number of thiazole rings is 1. The van der Waals surface area contributed by atoms with Gasteiger partial charge in [0.15, 0.2) is 5.22 Å². The number of hydrogen-bond acceptors (Lipinski definition) is 3. The van der Waals surface area contributed by atoms with Crippen LogP contribution in [0.25, 0.3) is 10.2 Å². The van der Waals surface area contributed by atoms with Crippen molar-refractivity contribution in [1.29, 1.82) is 0 Å². The average Bonchev–Trinajstić information content (AvgIpc) is 2.94. The van der Waals surface area contributed by atoms with E-state index in [0.717, 1.165) is 16.1 Å². The lowest BCUT2D eigenvalue weighted by molar-refractivity contribution is 0.565. The summed E-state index contributed by atoms with van der Waals surface area (Å²) in [6, 6.07) is 9.85. The zero-order valence-electron chi connectivity index (χ0n) is 9.27. The summed E-state index contributed by atoms with van der Waals surface area (Å²) in [5, 5.41) is 1.15. The second-order valence-corrected chi connectivity index (χ2v) is 5.88. The van der Waals surface area contributed by atoms with Gasteiger partial charge >= 0.3 is 0 Å². The molecule has 3 aromatic rings. The number of aromatic nitrogens is 1. The first-order valence-corrected chi connectivity index (χ1v) is 7.08. The molecule has 92 valence electrons. The van der Waals surface area contributed by atoms with E-state index < -0.39 is 0 Å². The van der Waals surface area contributed by atoms with Gasteiger partial charge in [-0.3, -0.25) is 0 Å². The molecule has 2 nitrogen and oxygen atoms in total. The van der Waals surface area contributed by atoms with Crippen molar-refractivity contribution in [2.24, 2.45) is 0 Å². The van der Waals surface area contributed by atoms with Crippen LogP contribution in [0.4, 0.5) is 0 Å². The summed E-state index contributed by atoms with van der Waals surface area (Å²) in [5.41, 5.74) is 1.83. The van der Waals surface area contributed by atoms with Gasteiger partial charge in [0, 0.05) is 12.0 Å². The van der Waals surface area contributed by atoms with E-state index in [9.17, 15) is 0 Å². The molecule has 1 unspecified atom stereocenters. The fourth-order valence-corrected chi connectivity index (χ4v) is 3.52. The first-order chi connectivity index (χ1) is 8.74. The molecule has 2 heterocycles. The molecule has 0 saturated carbocycles. The number of benzene rings is 1. The first kappa shape index (κ1) is 12.0. The van der Waals surface area contributed by atoms with Crippen molar-refractivity contribution in [2.75, 3.05) is 0 Å². The number of hydrogen-bond donors (Lipinski definition) is 0. The Bertz CT molecular complexity index is 643. The van der Waals surface area contributed by atoms with E-state index in [1.807, 2.05) is 18.2 Å². The summed E-state index contributed by atoms with van der Waals surface area (Å²) in [6.45, 7) is 0. The minimum atomic E-state index is -0.211. The number of furan rings is 1. The number of alkyl halides is 1. The molecule has 0 aliphatic carbocycles. The molecule has 0 aliphatic rings. The molecular formula is C13H9Cl2NOS. The predicted octanol–water partition coefficient (Wildman–Crippen LogP) is 5.07. The van der Waals surface area contributed by atoms with Crippen LogP contribution in [0, 0.1) is 0 Å². The predicted molar refractivity (Wildman–Crippen MR) is 75.6 cm³/mol. The third kappa shape index (κ3) is 2.26. The van der Waals surface area contributed by atoms with Crippen molar-refractivity contribution in [2.45, 2.75) is 11.8 Å². The maximum Gasteiger partial charge on any atom is 0.197 e. The van der Waals surface area contributed by atoms with Crippen LogP contribution >= 0.6 is 34.5 Å².